The van der Waals surface area contributed by atoms with Crippen molar-refractivity contribution in [3.63, 3.8) is 0 Å². The summed E-state index contributed by atoms with van der Waals surface area (Å²) in [5.41, 5.74) is 5.45. The van der Waals surface area contributed by atoms with Crippen LogP contribution in [0.25, 0.3) is 0 Å². The summed E-state index contributed by atoms with van der Waals surface area (Å²) in [7, 11) is 0. The number of nitrogens with two attached hydrogens (primary N) is 1. The van der Waals surface area contributed by atoms with E-state index < -0.39 is 0 Å². The number of quaternary nitrogens is 2. The molecule has 0 aromatic carbocycles. The van der Waals surface area contributed by atoms with Crippen molar-refractivity contribution in [1.82, 2.24) is 5.32 Å². The molecule has 3 heterocycles. The third kappa shape index (κ3) is 2.65. The molecule has 3 fully saturated rings. The third-order valence-corrected chi connectivity index (χ3v) is 5.28. The average molecular weight is 242 g/mol. The largest absolute Gasteiger partial charge is 0.318 e. The van der Waals surface area contributed by atoms with Crippen LogP contribution in [0.15, 0.2) is 0 Å². The van der Waals surface area contributed by atoms with Crippen molar-refractivity contribution in [2.45, 2.75) is 26.3 Å². The molecule has 17 heavy (non-hydrogen) atoms. The first kappa shape index (κ1) is 13.3. The molecule has 0 unspecified atom stereocenters. The van der Waals surface area contributed by atoms with Crippen molar-refractivity contribution in [3.8, 4) is 0 Å². The van der Waals surface area contributed by atoms with Gasteiger partial charge in [-0.15, -0.1) is 0 Å². The van der Waals surface area contributed by atoms with Gasteiger partial charge in [0.15, 0.2) is 0 Å². The Labute approximate surface area is 106 Å². The second-order valence-corrected chi connectivity index (χ2v) is 6.28. The molecule has 4 heteroatoms. The van der Waals surface area contributed by atoms with E-state index in [1.165, 1.54) is 61.2 Å². The lowest BCUT2D eigenvalue weighted by Gasteiger charge is -2.57. The Hall–Kier alpha value is -0.160. The van der Waals surface area contributed by atoms with Crippen molar-refractivity contribution in [3.05, 3.63) is 0 Å². The van der Waals surface area contributed by atoms with Gasteiger partial charge in [-0.25, -0.2) is 0 Å². The van der Waals surface area contributed by atoms with Crippen molar-refractivity contribution < 1.29 is 8.97 Å². The fourth-order valence-electron chi connectivity index (χ4n) is 3.66. The standard InChI is InChI=1S/C13H30N4/c1-13(2)17-9-6-16(7-10-17,8-11-17)5-3-4-15-12-14/h13,15H,3-12,14H2,1-2H3/q+2. The van der Waals surface area contributed by atoms with Gasteiger partial charge in [0, 0.05) is 19.6 Å². The molecule has 0 aliphatic carbocycles. The molecule has 0 amide bonds. The molecule has 3 aliphatic heterocycles. The van der Waals surface area contributed by atoms with E-state index in [-0.39, 0.29) is 0 Å². The normalized spacial score (nSPS) is 36.7. The number of rotatable bonds is 6. The van der Waals surface area contributed by atoms with Crippen LogP contribution in [0.1, 0.15) is 20.3 Å². The predicted molar refractivity (Wildman–Crippen MR) is 71.4 cm³/mol. The van der Waals surface area contributed by atoms with E-state index in [1.54, 1.807) is 0 Å². The second-order valence-electron chi connectivity index (χ2n) is 6.28. The molecule has 100 valence electrons. The molecule has 3 aliphatic rings. The molecular weight excluding hydrogens is 212 g/mol. The number of nitrogens with zero attached hydrogens (tertiary/aromatic N) is 2. The van der Waals surface area contributed by atoms with E-state index in [4.69, 9.17) is 5.73 Å². The van der Waals surface area contributed by atoms with Crippen molar-refractivity contribution in [2.75, 3.05) is 59.0 Å². The van der Waals surface area contributed by atoms with Crippen molar-refractivity contribution in [1.29, 1.82) is 0 Å². The Balaban J connectivity index is 1.82. The summed E-state index contributed by atoms with van der Waals surface area (Å²) in [5, 5.41) is 3.23. The van der Waals surface area contributed by atoms with Crippen LogP contribution in [-0.2, 0) is 0 Å². The van der Waals surface area contributed by atoms with Crippen LogP contribution in [-0.4, -0.2) is 74.0 Å². The van der Waals surface area contributed by atoms with Crippen LogP contribution in [0, 0.1) is 0 Å². The van der Waals surface area contributed by atoms with Crippen LogP contribution < -0.4 is 11.1 Å². The van der Waals surface area contributed by atoms with Gasteiger partial charge in [-0.3, -0.25) is 0 Å². The fraction of sp³-hybridized carbons (Fsp3) is 1.00. The highest BCUT2D eigenvalue weighted by molar-refractivity contribution is 4.64. The highest BCUT2D eigenvalue weighted by atomic mass is 15.5. The number of hydrogen-bond donors (Lipinski definition) is 2. The first-order valence-corrected chi connectivity index (χ1v) is 7.24. The molecule has 2 bridgehead atoms. The van der Waals surface area contributed by atoms with Crippen LogP contribution >= 0.6 is 0 Å². The summed E-state index contributed by atoms with van der Waals surface area (Å²) >= 11 is 0. The van der Waals surface area contributed by atoms with Crippen LogP contribution in [0.4, 0.5) is 0 Å². The van der Waals surface area contributed by atoms with Gasteiger partial charge in [0.25, 0.3) is 0 Å². The summed E-state index contributed by atoms with van der Waals surface area (Å²) in [6.07, 6.45) is 1.28. The van der Waals surface area contributed by atoms with Gasteiger partial charge < -0.3 is 20.0 Å². The van der Waals surface area contributed by atoms with Gasteiger partial charge >= 0.3 is 0 Å². The predicted octanol–water partition coefficient (Wildman–Crippen LogP) is -0.0485. The maximum atomic E-state index is 5.45. The molecular formula is C13H30N4+2. The molecule has 4 nitrogen and oxygen atoms in total. The minimum absolute atomic E-state index is 0.618. The first-order valence-electron chi connectivity index (χ1n) is 7.24. The molecule has 0 saturated carbocycles. The second kappa shape index (κ2) is 5.22. The molecule has 3 rings (SSSR count). The van der Waals surface area contributed by atoms with Gasteiger partial charge in [-0.05, 0) is 13.8 Å². The minimum atomic E-state index is 0.618. The van der Waals surface area contributed by atoms with E-state index in [0.29, 0.717) is 6.67 Å². The summed E-state index contributed by atoms with van der Waals surface area (Å²) < 4.78 is 2.78. The number of nitrogens with one attached hydrogen (secondary N) is 1. The topological polar surface area (TPSA) is 38.0 Å². The summed E-state index contributed by atoms with van der Waals surface area (Å²) in [6, 6.07) is 0.816. The number of piperazine rings is 3. The lowest BCUT2D eigenvalue weighted by Crippen LogP contribution is -2.76. The fourth-order valence-corrected chi connectivity index (χ4v) is 3.66. The zero-order valence-corrected chi connectivity index (χ0v) is 11.6. The number of fused-ring (bicyclic) bond motifs is 3. The molecule has 0 atom stereocenters. The average Bonchev–Trinajstić information content (AvgIpc) is 2.37. The van der Waals surface area contributed by atoms with Crippen LogP contribution in [0.3, 0.4) is 0 Å². The quantitative estimate of drug-likeness (QED) is 0.389. The highest BCUT2D eigenvalue weighted by Crippen LogP contribution is 2.29. The highest BCUT2D eigenvalue weighted by Gasteiger charge is 2.49. The smallest absolute Gasteiger partial charge is 0.129 e. The van der Waals surface area contributed by atoms with Gasteiger partial charge in [0.1, 0.15) is 39.3 Å². The summed E-state index contributed by atoms with van der Waals surface area (Å²) in [4.78, 5) is 0. The monoisotopic (exact) mass is 242 g/mol. The molecule has 0 aromatic rings. The number of hydrogen-bond acceptors (Lipinski definition) is 2. The molecule has 3 N–H and O–H groups in total. The van der Waals surface area contributed by atoms with E-state index in [9.17, 15) is 0 Å². The lowest BCUT2D eigenvalue weighted by atomic mass is 10.0. The van der Waals surface area contributed by atoms with Gasteiger partial charge in [0.05, 0.1) is 12.6 Å². The summed E-state index contributed by atoms with van der Waals surface area (Å²) in [6.45, 7) is 16.3. The van der Waals surface area contributed by atoms with Crippen molar-refractivity contribution >= 4 is 0 Å². The van der Waals surface area contributed by atoms with E-state index >= 15 is 0 Å². The molecule has 3 saturated heterocycles. The van der Waals surface area contributed by atoms with Crippen LogP contribution in [0.5, 0.6) is 0 Å². The van der Waals surface area contributed by atoms with Crippen LogP contribution in [0.2, 0.25) is 0 Å². The lowest BCUT2D eigenvalue weighted by molar-refractivity contribution is -1.09. The van der Waals surface area contributed by atoms with E-state index in [0.717, 1.165) is 12.6 Å². The SMILES string of the molecule is CC(C)[N+]12CC[N+](CCCNCN)(CC1)CC2. The maximum absolute atomic E-state index is 5.45. The minimum Gasteiger partial charge on any atom is -0.318 e. The van der Waals surface area contributed by atoms with E-state index in [2.05, 4.69) is 19.2 Å². The van der Waals surface area contributed by atoms with Gasteiger partial charge in [-0.1, -0.05) is 0 Å². The Morgan fingerprint density at radius 2 is 1.65 bits per heavy atom. The Kier molecular flexibility index (Phi) is 4.08. The summed E-state index contributed by atoms with van der Waals surface area (Å²) in [5.74, 6) is 0. The van der Waals surface area contributed by atoms with E-state index in [1.807, 2.05) is 0 Å². The Bertz CT molecular complexity index is 227. The first-order chi connectivity index (χ1) is 8.13. The molecule has 0 aromatic heterocycles. The zero-order chi connectivity index (χ0) is 12.4. The Morgan fingerprint density at radius 3 is 2.12 bits per heavy atom. The third-order valence-electron chi connectivity index (χ3n) is 5.28. The maximum Gasteiger partial charge on any atom is 0.129 e. The Morgan fingerprint density at radius 1 is 1.06 bits per heavy atom. The zero-order valence-electron chi connectivity index (χ0n) is 11.6. The molecule has 0 radical (unpaired) electrons. The van der Waals surface area contributed by atoms with Gasteiger partial charge in [0.2, 0.25) is 0 Å². The molecule has 0 spiro atoms. The van der Waals surface area contributed by atoms with Crippen molar-refractivity contribution in [2.24, 2.45) is 5.73 Å². The van der Waals surface area contributed by atoms with Gasteiger partial charge in [-0.2, -0.15) is 0 Å².